The molecule has 5 heteroatoms. The summed E-state index contributed by atoms with van der Waals surface area (Å²) in [6.45, 7) is 5.92. The molecule has 2 heterocycles. The van der Waals surface area contributed by atoms with Crippen LogP contribution in [0.2, 0.25) is 0 Å². The van der Waals surface area contributed by atoms with E-state index in [0.717, 1.165) is 55.8 Å². The van der Waals surface area contributed by atoms with Crippen molar-refractivity contribution in [3.8, 4) is 5.75 Å². The second-order valence-corrected chi connectivity index (χ2v) is 10.0. The van der Waals surface area contributed by atoms with Crippen LogP contribution in [0.25, 0.3) is 10.9 Å². The van der Waals surface area contributed by atoms with E-state index in [-0.39, 0.29) is 6.61 Å². The number of aromatic nitrogens is 1. The molecule has 1 fully saturated rings. The molecule has 1 atom stereocenters. The number of fused-ring (bicyclic) bond motifs is 3. The number of pyridine rings is 1. The Morgan fingerprint density at radius 1 is 0.806 bits per heavy atom. The predicted octanol–water partition coefficient (Wildman–Crippen LogP) is 4.33. The van der Waals surface area contributed by atoms with Crippen LogP contribution < -0.4 is 4.74 Å². The molecule has 0 saturated carbocycles. The highest BCUT2D eigenvalue weighted by molar-refractivity contribution is 5.84. The molecule has 2 aliphatic rings. The van der Waals surface area contributed by atoms with Gasteiger partial charge in [0.05, 0.1) is 5.52 Å². The number of benzene rings is 3. The molecular formula is C31H33N3O2. The van der Waals surface area contributed by atoms with E-state index in [4.69, 9.17) is 4.74 Å². The number of ether oxygens (including phenoxy) is 1. The van der Waals surface area contributed by atoms with Gasteiger partial charge >= 0.3 is 0 Å². The molecule has 6 rings (SSSR count). The first-order chi connectivity index (χ1) is 17.7. The van der Waals surface area contributed by atoms with Crippen LogP contribution in [0.4, 0.5) is 0 Å². The van der Waals surface area contributed by atoms with Gasteiger partial charge in [-0.1, -0.05) is 54.6 Å². The number of piperazine rings is 1. The highest BCUT2D eigenvalue weighted by Gasteiger charge is 2.28. The first-order valence-electron chi connectivity index (χ1n) is 13.0. The molecule has 3 aromatic carbocycles. The zero-order chi connectivity index (χ0) is 24.3. The Morgan fingerprint density at radius 3 is 2.25 bits per heavy atom. The summed E-state index contributed by atoms with van der Waals surface area (Å²) in [7, 11) is 0. The Kier molecular flexibility index (Phi) is 6.69. The highest BCUT2D eigenvalue weighted by atomic mass is 16.5. The van der Waals surface area contributed by atoms with Crippen LogP contribution in [-0.4, -0.2) is 71.9 Å². The Bertz CT molecular complexity index is 1280. The molecule has 0 radical (unpaired) electrons. The van der Waals surface area contributed by atoms with Crippen LogP contribution in [0.5, 0.6) is 5.75 Å². The minimum absolute atomic E-state index is 0.282. The monoisotopic (exact) mass is 479 g/mol. The van der Waals surface area contributed by atoms with Crippen molar-refractivity contribution in [2.45, 2.75) is 18.4 Å². The molecule has 1 saturated heterocycles. The van der Waals surface area contributed by atoms with E-state index in [2.05, 4.69) is 63.3 Å². The zero-order valence-electron chi connectivity index (χ0n) is 20.6. The van der Waals surface area contributed by atoms with Crippen LogP contribution in [0.15, 0.2) is 85.1 Å². The first-order valence-corrected chi connectivity index (χ1v) is 13.0. The van der Waals surface area contributed by atoms with E-state index in [9.17, 15) is 5.11 Å². The second kappa shape index (κ2) is 10.4. The molecular weight excluding hydrogens is 446 g/mol. The maximum atomic E-state index is 10.7. The molecule has 1 N–H and O–H groups in total. The van der Waals surface area contributed by atoms with E-state index in [1.807, 2.05) is 30.3 Å². The van der Waals surface area contributed by atoms with Crippen molar-refractivity contribution in [2.24, 2.45) is 0 Å². The van der Waals surface area contributed by atoms with E-state index in [0.29, 0.717) is 12.5 Å². The molecule has 184 valence electrons. The summed E-state index contributed by atoms with van der Waals surface area (Å²) < 4.78 is 5.98. The van der Waals surface area contributed by atoms with Gasteiger partial charge in [-0.2, -0.15) is 0 Å². The molecule has 0 amide bonds. The fraction of sp³-hybridized carbons (Fsp3) is 0.323. The summed E-state index contributed by atoms with van der Waals surface area (Å²) >= 11 is 0. The van der Waals surface area contributed by atoms with Crippen molar-refractivity contribution in [3.63, 3.8) is 0 Å². The lowest BCUT2D eigenvalue weighted by Crippen LogP contribution is -2.50. The summed E-state index contributed by atoms with van der Waals surface area (Å²) in [6, 6.07) is 27.7. The number of β-amino-alcohol motifs (C(OH)–C–C–N with tert-alkyl or cyclic N) is 1. The molecule has 4 aromatic rings. The van der Waals surface area contributed by atoms with Gasteiger partial charge in [0.1, 0.15) is 18.5 Å². The number of nitrogens with zero attached hydrogens (tertiary/aromatic N) is 3. The van der Waals surface area contributed by atoms with Crippen LogP contribution >= 0.6 is 0 Å². The van der Waals surface area contributed by atoms with Crippen molar-refractivity contribution in [1.29, 1.82) is 0 Å². The first kappa shape index (κ1) is 23.2. The molecule has 1 aliphatic carbocycles. The van der Waals surface area contributed by atoms with Gasteiger partial charge in [0.2, 0.25) is 0 Å². The highest BCUT2D eigenvalue weighted by Crippen LogP contribution is 2.37. The van der Waals surface area contributed by atoms with Crippen LogP contribution in [0.3, 0.4) is 0 Å². The van der Waals surface area contributed by atoms with Crippen LogP contribution in [0.1, 0.15) is 28.2 Å². The quantitative estimate of drug-likeness (QED) is 0.428. The second-order valence-electron chi connectivity index (χ2n) is 10.0. The van der Waals surface area contributed by atoms with Gasteiger partial charge in [-0.05, 0) is 52.9 Å². The van der Waals surface area contributed by atoms with Gasteiger partial charge in [0.25, 0.3) is 0 Å². The van der Waals surface area contributed by atoms with Crippen LogP contribution in [0, 0.1) is 0 Å². The number of rotatable bonds is 7. The fourth-order valence-corrected chi connectivity index (χ4v) is 5.79. The van der Waals surface area contributed by atoms with Crippen molar-refractivity contribution in [3.05, 3.63) is 107 Å². The summed E-state index contributed by atoms with van der Waals surface area (Å²) in [6.07, 6.45) is 2.29. The third kappa shape index (κ3) is 4.87. The third-order valence-electron chi connectivity index (χ3n) is 7.65. The summed E-state index contributed by atoms with van der Waals surface area (Å²) in [5.74, 6) is 1.20. The minimum Gasteiger partial charge on any atom is -0.490 e. The van der Waals surface area contributed by atoms with E-state index in [1.54, 1.807) is 6.20 Å². The maximum absolute atomic E-state index is 10.7. The van der Waals surface area contributed by atoms with Crippen molar-refractivity contribution >= 4 is 10.9 Å². The molecule has 36 heavy (non-hydrogen) atoms. The van der Waals surface area contributed by atoms with Crippen LogP contribution in [-0.2, 0) is 6.42 Å². The van der Waals surface area contributed by atoms with Gasteiger partial charge in [-0.3, -0.25) is 14.8 Å². The summed E-state index contributed by atoms with van der Waals surface area (Å²) in [4.78, 5) is 9.33. The molecule has 0 spiro atoms. The lowest BCUT2D eigenvalue weighted by molar-refractivity contribution is 0.0458. The van der Waals surface area contributed by atoms with Crippen molar-refractivity contribution in [2.75, 3.05) is 45.9 Å². The SMILES string of the molecule is OC(COc1cccc2ncccc12)CN1CCN(CC2c3ccccc3Cc3ccccc32)CC1. The average molecular weight is 480 g/mol. The van der Waals surface area contributed by atoms with E-state index in [1.165, 1.54) is 22.3 Å². The van der Waals surface area contributed by atoms with Gasteiger partial charge in [-0.15, -0.1) is 0 Å². The number of aliphatic hydroxyl groups is 1. The Hall–Kier alpha value is -3.25. The molecule has 1 aliphatic heterocycles. The predicted molar refractivity (Wildman–Crippen MR) is 144 cm³/mol. The molecule has 5 nitrogen and oxygen atoms in total. The number of hydrogen-bond donors (Lipinski definition) is 1. The van der Waals surface area contributed by atoms with Crippen molar-refractivity contribution in [1.82, 2.24) is 14.8 Å². The Labute approximate surface area is 213 Å². The normalized spacial score (nSPS) is 17.5. The summed E-state index contributed by atoms with van der Waals surface area (Å²) in [5.41, 5.74) is 6.79. The van der Waals surface area contributed by atoms with Gasteiger partial charge in [0, 0.05) is 56.8 Å². The molecule has 1 unspecified atom stereocenters. The average Bonchev–Trinajstić information content (AvgIpc) is 2.93. The maximum Gasteiger partial charge on any atom is 0.128 e. The largest absolute Gasteiger partial charge is 0.490 e. The molecule has 0 bridgehead atoms. The smallest absolute Gasteiger partial charge is 0.128 e. The summed E-state index contributed by atoms with van der Waals surface area (Å²) in [5, 5.41) is 11.7. The van der Waals surface area contributed by atoms with Gasteiger partial charge < -0.3 is 9.84 Å². The van der Waals surface area contributed by atoms with E-state index < -0.39 is 6.10 Å². The Balaban J connectivity index is 1.03. The van der Waals surface area contributed by atoms with E-state index >= 15 is 0 Å². The number of hydrogen-bond acceptors (Lipinski definition) is 5. The molecule has 1 aromatic heterocycles. The Morgan fingerprint density at radius 2 is 1.50 bits per heavy atom. The standard InChI is InChI=1S/C31H33N3O2/c35-25(22-36-31-13-5-12-30-28(31)11-6-14-32-30)20-33-15-17-34(18-16-33)21-29-26-9-3-1-7-23(26)19-24-8-2-4-10-27(24)29/h1-14,25,29,35H,15-22H2. The lowest BCUT2D eigenvalue weighted by Gasteiger charge is -2.38. The topological polar surface area (TPSA) is 48.8 Å². The van der Waals surface area contributed by atoms with Crippen molar-refractivity contribution < 1.29 is 9.84 Å². The van der Waals surface area contributed by atoms with Gasteiger partial charge in [-0.25, -0.2) is 0 Å². The fourth-order valence-electron chi connectivity index (χ4n) is 5.79. The zero-order valence-corrected chi connectivity index (χ0v) is 20.6. The lowest BCUT2D eigenvalue weighted by atomic mass is 9.78. The third-order valence-corrected chi connectivity index (χ3v) is 7.65. The van der Waals surface area contributed by atoms with Gasteiger partial charge in [0.15, 0.2) is 0 Å². The number of aliphatic hydroxyl groups excluding tert-OH is 1. The minimum atomic E-state index is -0.527.